The number of benzene rings is 1. The van der Waals surface area contributed by atoms with E-state index in [1.54, 1.807) is 6.26 Å². The zero-order chi connectivity index (χ0) is 15.6. The maximum atomic E-state index is 12.8. The number of hydrogen-bond donors (Lipinski definition) is 1. The molecule has 4 rings (SSSR count). The van der Waals surface area contributed by atoms with Crippen LogP contribution < -0.4 is 5.32 Å². The standard InChI is InChI=1S/C19H18N2O2/c22-19(20-12-13-6-5-11-23-13)18-14-7-1-3-9-16(14)21-17-10-4-2-8-15(17)18/h1,3,5-7,9,11H,2,4,8,10,12H2,(H,20,22). The number of furan rings is 1. The number of para-hydroxylation sites is 1. The summed E-state index contributed by atoms with van der Waals surface area (Å²) >= 11 is 0. The normalized spacial score (nSPS) is 13.7. The fraction of sp³-hybridized carbons (Fsp3) is 0.263. The van der Waals surface area contributed by atoms with E-state index in [9.17, 15) is 4.79 Å². The van der Waals surface area contributed by atoms with E-state index < -0.39 is 0 Å². The number of amides is 1. The number of fused-ring (bicyclic) bond motifs is 2. The number of nitrogens with zero attached hydrogens (tertiary/aromatic N) is 1. The van der Waals surface area contributed by atoms with Crippen molar-refractivity contribution in [2.75, 3.05) is 0 Å². The highest BCUT2D eigenvalue weighted by Crippen LogP contribution is 2.29. The van der Waals surface area contributed by atoms with Gasteiger partial charge in [0.05, 0.1) is 23.9 Å². The smallest absolute Gasteiger partial charge is 0.252 e. The lowest BCUT2D eigenvalue weighted by Crippen LogP contribution is -2.25. The highest BCUT2D eigenvalue weighted by Gasteiger charge is 2.22. The molecular formula is C19H18N2O2. The Hall–Kier alpha value is -2.62. The fourth-order valence-electron chi connectivity index (χ4n) is 3.30. The molecule has 1 aliphatic rings. The predicted molar refractivity (Wildman–Crippen MR) is 88.3 cm³/mol. The quantitative estimate of drug-likeness (QED) is 0.804. The number of carbonyl (C=O) groups is 1. The van der Waals surface area contributed by atoms with Crippen LogP contribution in [0.4, 0.5) is 0 Å². The van der Waals surface area contributed by atoms with Crippen LogP contribution in [0.5, 0.6) is 0 Å². The van der Waals surface area contributed by atoms with Crippen LogP contribution in [0.15, 0.2) is 47.1 Å². The molecule has 1 N–H and O–H groups in total. The van der Waals surface area contributed by atoms with E-state index in [1.165, 1.54) is 0 Å². The van der Waals surface area contributed by atoms with Gasteiger partial charge in [-0.2, -0.15) is 0 Å². The monoisotopic (exact) mass is 306 g/mol. The molecule has 4 nitrogen and oxygen atoms in total. The summed E-state index contributed by atoms with van der Waals surface area (Å²) in [5.41, 5.74) is 3.89. The molecule has 0 fully saturated rings. The first-order valence-corrected chi connectivity index (χ1v) is 8.04. The fourth-order valence-corrected chi connectivity index (χ4v) is 3.30. The molecule has 0 saturated heterocycles. The van der Waals surface area contributed by atoms with Crippen LogP contribution in [-0.4, -0.2) is 10.9 Å². The second-order valence-corrected chi connectivity index (χ2v) is 5.90. The Morgan fingerprint density at radius 3 is 2.87 bits per heavy atom. The first kappa shape index (κ1) is 14.0. The van der Waals surface area contributed by atoms with E-state index in [1.807, 2.05) is 36.4 Å². The van der Waals surface area contributed by atoms with Crippen LogP contribution in [0.3, 0.4) is 0 Å². The molecule has 23 heavy (non-hydrogen) atoms. The Kier molecular flexibility index (Phi) is 3.58. The molecule has 116 valence electrons. The minimum atomic E-state index is -0.0434. The number of hydrogen-bond acceptors (Lipinski definition) is 3. The number of aromatic nitrogens is 1. The molecule has 0 spiro atoms. The first-order valence-electron chi connectivity index (χ1n) is 8.04. The van der Waals surface area contributed by atoms with Crippen LogP contribution in [0.2, 0.25) is 0 Å². The zero-order valence-corrected chi connectivity index (χ0v) is 12.8. The van der Waals surface area contributed by atoms with Gasteiger partial charge in [0.15, 0.2) is 0 Å². The summed E-state index contributed by atoms with van der Waals surface area (Å²) in [6.45, 7) is 0.400. The van der Waals surface area contributed by atoms with Gasteiger partial charge in [-0.3, -0.25) is 9.78 Å². The third kappa shape index (κ3) is 2.61. The van der Waals surface area contributed by atoms with Crippen LogP contribution >= 0.6 is 0 Å². The van der Waals surface area contributed by atoms with Gasteiger partial charge in [0, 0.05) is 11.1 Å². The van der Waals surface area contributed by atoms with Crippen molar-refractivity contribution in [2.24, 2.45) is 0 Å². The highest BCUT2D eigenvalue weighted by molar-refractivity contribution is 6.07. The molecule has 0 atom stereocenters. The average molecular weight is 306 g/mol. The summed E-state index contributed by atoms with van der Waals surface area (Å²) in [6, 6.07) is 11.6. The molecule has 1 aliphatic carbocycles. The minimum Gasteiger partial charge on any atom is -0.467 e. The molecule has 0 aliphatic heterocycles. The van der Waals surface area contributed by atoms with E-state index in [-0.39, 0.29) is 5.91 Å². The maximum Gasteiger partial charge on any atom is 0.252 e. The van der Waals surface area contributed by atoms with Gasteiger partial charge in [-0.25, -0.2) is 0 Å². The van der Waals surface area contributed by atoms with E-state index in [2.05, 4.69) is 5.32 Å². The molecule has 0 bridgehead atoms. The summed E-state index contributed by atoms with van der Waals surface area (Å²) in [7, 11) is 0. The van der Waals surface area contributed by atoms with Crippen LogP contribution in [0.1, 0.15) is 40.2 Å². The van der Waals surface area contributed by atoms with Crippen molar-refractivity contribution in [1.29, 1.82) is 0 Å². The number of carbonyl (C=O) groups excluding carboxylic acids is 1. The van der Waals surface area contributed by atoms with Gasteiger partial charge in [-0.15, -0.1) is 0 Å². The Morgan fingerprint density at radius 2 is 2.00 bits per heavy atom. The number of nitrogens with one attached hydrogen (secondary N) is 1. The van der Waals surface area contributed by atoms with Gasteiger partial charge in [0.2, 0.25) is 0 Å². The highest BCUT2D eigenvalue weighted by atomic mass is 16.3. The third-order valence-corrected chi connectivity index (χ3v) is 4.40. The van der Waals surface area contributed by atoms with Crippen LogP contribution in [0.25, 0.3) is 10.9 Å². The van der Waals surface area contributed by atoms with Crippen molar-refractivity contribution in [3.8, 4) is 0 Å². The summed E-state index contributed by atoms with van der Waals surface area (Å²) in [6.07, 6.45) is 5.76. The molecule has 0 radical (unpaired) electrons. The molecule has 0 saturated carbocycles. The molecule has 4 heteroatoms. The Bertz CT molecular complexity index is 853. The molecule has 0 unspecified atom stereocenters. The second-order valence-electron chi connectivity index (χ2n) is 5.90. The summed E-state index contributed by atoms with van der Waals surface area (Å²) in [4.78, 5) is 17.6. The Balaban J connectivity index is 1.76. The lowest BCUT2D eigenvalue weighted by atomic mass is 9.89. The van der Waals surface area contributed by atoms with Gasteiger partial charge < -0.3 is 9.73 Å². The van der Waals surface area contributed by atoms with Crippen molar-refractivity contribution in [3.63, 3.8) is 0 Å². The van der Waals surface area contributed by atoms with Crippen LogP contribution in [-0.2, 0) is 19.4 Å². The molecular weight excluding hydrogens is 288 g/mol. The van der Waals surface area contributed by atoms with Gasteiger partial charge in [-0.05, 0) is 49.4 Å². The van der Waals surface area contributed by atoms with Gasteiger partial charge in [0.1, 0.15) is 5.76 Å². The van der Waals surface area contributed by atoms with E-state index in [4.69, 9.17) is 9.40 Å². The number of rotatable bonds is 3. The van der Waals surface area contributed by atoms with Gasteiger partial charge in [0.25, 0.3) is 5.91 Å². The molecule has 2 aromatic heterocycles. The van der Waals surface area contributed by atoms with Crippen molar-refractivity contribution in [2.45, 2.75) is 32.2 Å². The Labute approximate surface area is 134 Å². The second kappa shape index (κ2) is 5.88. The lowest BCUT2D eigenvalue weighted by molar-refractivity contribution is 0.0948. The lowest BCUT2D eigenvalue weighted by Gasteiger charge is -2.20. The van der Waals surface area contributed by atoms with Crippen molar-refractivity contribution in [1.82, 2.24) is 10.3 Å². The summed E-state index contributed by atoms with van der Waals surface area (Å²) in [5, 5.41) is 3.92. The largest absolute Gasteiger partial charge is 0.467 e. The van der Waals surface area contributed by atoms with E-state index >= 15 is 0 Å². The molecule has 3 aromatic rings. The zero-order valence-electron chi connectivity index (χ0n) is 12.8. The maximum absolute atomic E-state index is 12.8. The van der Waals surface area contributed by atoms with Gasteiger partial charge >= 0.3 is 0 Å². The number of pyridine rings is 1. The summed E-state index contributed by atoms with van der Waals surface area (Å²) in [5.74, 6) is 0.712. The van der Waals surface area contributed by atoms with Crippen molar-refractivity contribution in [3.05, 3.63) is 65.2 Å². The van der Waals surface area contributed by atoms with Crippen molar-refractivity contribution >= 4 is 16.8 Å². The molecule has 2 heterocycles. The first-order chi connectivity index (χ1) is 11.3. The molecule has 1 aromatic carbocycles. The van der Waals surface area contributed by atoms with Crippen molar-refractivity contribution < 1.29 is 9.21 Å². The number of aryl methyl sites for hydroxylation is 1. The van der Waals surface area contributed by atoms with Crippen LogP contribution in [0, 0.1) is 0 Å². The minimum absolute atomic E-state index is 0.0434. The predicted octanol–water partition coefficient (Wildman–Crippen LogP) is 3.64. The van der Waals surface area contributed by atoms with E-state index in [0.717, 1.165) is 59.2 Å². The van der Waals surface area contributed by atoms with E-state index in [0.29, 0.717) is 6.54 Å². The summed E-state index contributed by atoms with van der Waals surface area (Å²) < 4.78 is 5.29. The topological polar surface area (TPSA) is 55.1 Å². The average Bonchev–Trinajstić information content (AvgIpc) is 3.11. The Morgan fingerprint density at radius 1 is 1.13 bits per heavy atom. The van der Waals surface area contributed by atoms with Gasteiger partial charge in [-0.1, -0.05) is 18.2 Å². The third-order valence-electron chi connectivity index (χ3n) is 4.40. The molecule has 1 amide bonds. The SMILES string of the molecule is O=C(NCc1ccco1)c1c2c(nc3ccccc13)CCCC2.